The highest BCUT2D eigenvalue weighted by Gasteiger charge is 2.25. The van der Waals surface area contributed by atoms with Gasteiger partial charge in [-0.05, 0) is 49.4 Å². The van der Waals surface area contributed by atoms with Crippen molar-refractivity contribution in [2.45, 2.75) is 16.7 Å². The molecular formula is C23H24N2O4S2. The van der Waals surface area contributed by atoms with Gasteiger partial charge in [-0.3, -0.25) is 9.10 Å². The highest BCUT2D eigenvalue weighted by molar-refractivity contribution is 8.00. The summed E-state index contributed by atoms with van der Waals surface area (Å²) in [6.07, 6.45) is 0. The predicted molar refractivity (Wildman–Crippen MR) is 125 cm³/mol. The first kappa shape index (κ1) is 22.7. The smallest absolute Gasteiger partial charge is 0.264 e. The van der Waals surface area contributed by atoms with Gasteiger partial charge in [0.15, 0.2) is 0 Å². The molecule has 3 aromatic rings. The average Bonchev–Trinajstić information content (AvgIpc) is 2.79. The van der Waals surface area contributed by atoms with E-state index in [9.17, 15) is 13.2 Å². The maximum atomic E-state index is 13.3. The van der Waals surface area contributed by atoms with Gasteiger partial charge in [0.1, 0.15) is 5.75 Å². The normalized spacial score (nSPS) is 11.0. The summed E-state index contributed by atoms with van der Waals surface area (Å²) in [5.74, 6) is 0.326. The molecule has 3 rings (SSSR count). The molecule has 0 aliphatic rings. The van der Waals surface area contributed by atoms with Gasteiger partial charge in [0, 0.05) is 11.4 Å². The predicted octanol–water partition coefficient (Wildman–Crippen LogP) is 4.64. The van der Waals surface area contributed by atoms with E-state index in [1.165, 1.54) is 35.3 Å². The van der Waals surface area contributed by atoms with Crippen LogP contribution in [0.5, 0.6) is 5.75 Å². The van der Waals surface area contributed by atoms with Gasteiger partial charge in [0.25, 0.3) is 10.0 Å². The first-order valence-corrected chi connectivity index (χ1v) is 12.1. The number of hydrogen-bond acceptors (Lipinski definition) is 5. The van der Waals surface area contributed by atoms with Gasteiger partial charge in [0.2, 0.25) is 5.91 Å². The first-order chi connectivity index (χ1) is 15.0. The number of rotatable bonds is 9. The van der Waals surface area contributed by atoms with Crippen molar-refractivity contribution in [3.05, 3.63) is 78.9 Å². The summed E-state index contributed by atoms with van der Waals surface area (Å²) < 4.78 is 33.2. The van der Waals surface area contributed by atoms with Crippen molar-refractivity contribution >= 4 is 39.1 Å². The van der Waals surface area contributed by atoms with Gasteiger partial charge in [-0.2, -0.15) is 0 Å². The molecule has 6 nitrogen and oxygen atoms in total. The van der Waals surface area contributed by atoms with Crippen LogP contribution in [-0.2, 0) is 14.8 Å². The van der Waals surface area contributed by atoms with E-state index in [4.69, 9.17) is 4.74 Å². The Labute approximate surface area is 187 Å². The lowest BCUT2D eigenvalue weighted by Gasteiger charge is -2.23. The molecule has 0 aliphatic carbocycles. The number of nitrogens with one attached hydrogen (secondary N) is 1. The third-order valence-electron chi connectivity index (χ3n) is 4.48. The number of sulfonamides is 1. The fourth-order valence-electron chi connectivity index (χ4n) is 3.01. The second-order valence-electron chi connectivity index (χ2n) is 6.52. The molecule has 0 radical (unpaired) electrons. The number of carbonyl (C=O) groups excluding carboxylic acids is 1. The van der Waals surface area contributed by atoms with Crippen molar-refractivity contribution in [3.63, 3.8) is 0 Å². The third-order valence-corrected chi connectivity index (χ3v) is 7.39. The Morgan fingerprint density at radius 1 is 1.00 bits per heavy atom. The van der Waals surface area contributed by atoms with Crippen molar-refractivity contribution in [1.82, 2.24) is 0 Å². The van der Waals surface area contributed by atoms with Crippen LogP contribution in [0.25, 0.3) is 0 Å². The third kappa shape index (κ3) is 5.59. The number of amides is 1. The van der Waals surface area contributed by atoms with Crippen molar-refractivity contribution < 1.29 is 17.9 Å². The zero-order valence-corrected chi connectivity index (χ0v) is 18.9. The molecule has 0 bridgehead atoms. The maximum Gasteiger partial charge on any atom is 0.264 e. The van der Waals surface area contributed by atoms with Crippen molar-refractivity contribution in [2.75, 3.05) is 29.0 Å². The van der Waals surface area contributed by atoms with Crippen LogP contribution in [-0.4, -0.2) is 33.7 Å². The lowest BCUT2D eigenvalue weighted by Crippen LogP contribution is -2.30. The van der Waals surface area contributed by atoms with Gasteiger partial charge in [-0.1, -0.05) is 36.4 Å². The molecule has 1 N–H and O–H groups in total. The number of ether oxygens (including phenoxy) is 1. The molecule has 162 valence electrons. The molecule has 31 heavy (non-hydrogen) atoms. The summed E-state index contributed by atoms with van der Waals surface area (Å²) in [6.45, 7) is 2.05. The van der Waals surface area contributed by atoms with E-state index < -0.39 is 10.0 Å². The lowest BCUT2D eigenvalue weighted by molar-refractivity contribution is -0.113. The highest BCUT2D eigenvalue weighted by Crippen LogP contribution is 2.31. The average molecular weight is 457 g/mol. The van der Waals surface area contributed by atoms with E-state index in [1.807, 2.05) is 36.4 Å². The van der Waals surface area contributed by atoms with Crippen LogP contribution in [0.2, 0.25) is 0 Å². The second-order valence-corrected chi connectivity index (χ2v) is 9.43. The summed E-state index contributed by atoms with van der Waals surface area (Å²) >= 11 is 1.40. The maximum absolute atomic E-state index is 13.3. The molecule has 0 fully saturated rings. The first-order valence-electron chi connectivity index (χ1n) is 9.69. The molecule has 0 unspecified atom stereocenters. The van der Waals surface area contributed by atoms with Gasteiger partial charge < -0.3 is 10.1 Å². The molecule has 0 aromatic heterocycles. The van der Waals surface area contributed by atoms with Crippen LogP contribution in [0.3, 0.4) is 0 Å². The second kappa shape index (κ2) is 10.4. The standard InChI is InChI=1S/C23H24N2O4S2/c1-3-25(18-10-6-4-7-11-18)31(27,28)20-14-15-22(29-2)21(16-20)24-23(26)17-30-19-12-8-5-9-13-19/h4-16H,3,17H2,1-2H3,(H,24,26). The number of methoxy groups -OCH3 is 1. The quantitative estimate of drug-likeness (QED) is 0.475. The van der Waals surface area contributed by atoms with Crippen LogP contribution in [0, 0.1) is 0 Å². The zero-order valence-electron chi connectivity index (χ0n) is 17.3. The largest absolute Gasteiger partial charge is 0.495 e. The topological polar surface area (TPSA) is 75.7 Å². The monoisotopic (exact) mass is 456 g/mol. The SMILES string of the molecule is CCN(c1ccccc1)S(=O)(=O)c1ccc(OC)c(NC(=O)CSc2ccccc2)c1. The Hall–Kier alpha value is -2.97. The molecule has 0 heterocycles. The minimum atomic E-state index is -3.82. The summed E-state index contributed by atoms with van der Waals surface area (Å²) in [6, 6.07) is 22.9. The van der Waals surface area contributed by atoms with Crippen molar-refractivity contribution in [2.24, 2.45) is 0 Å². The Morgan fingerprint density at radius 3 is 2.26 bits per heavy atom. The Kier molecular flexibility index (Phi) is 7.59. The van der Waals surface area contributed by atoms with E-state index in [-0.39, 0.29) is 23.1 Å². The summed E-state index contributed by atoms with van der Waals surface area (Å²) in [5.41, 5.74) is 0.886. The van der Waals surface area contributed by atoms with Crippen LogP contribution in [0.1, 0.15) is 6.92 Å². The summed E-state index contributed by atoms with van der Waals surface area (Å²) in [4.78, 5) is 13.5. The zero-order chi connectivity index (χ0) is 22.3. The van der Waals surface area contributed by atoms with Crippen LogP contribution in [0.4, 0.5) is 11.4 Å². The van der Waals surface area contributed by atoms with Crippen molar-refractivity contribution in [1.29, 1.82) is 0 Å². The molecule has 0 saturated carbocycles. The van der Waals surface area contributed by atoms with E-state index >= 15 is 0 Å². The summed E-state index contributed by atoms with van der Waals surface area (Å²) in [7, 11) is -2.35. The lowest BCUT2D eigenvalue weighted by atomic mass is 10.3. The number of nitrogens with zero attached hydrogens (tertiary/aromatic N) is 1. The number of thioether (sulfide) groups is 1. The molecule has 1 amide bonds. The Bertz CT molecular complexity index is 1120. The fourth-order valence-corrected chi connectivity index (χ4v) is 5.23. The minimum absolute atomic E-state index is 0.0741. The number of hydrogen-bond donors (Lipinski definition) is 1. The van der Waals surface area contributed by atoms with Gasteiger partial charge in [-0.25, -0.2) is 8.42 Å². The molecule has 0 saturated heterocycles. The van der Waals surface area contributed by atoms with Crippen LogP contribution in [0.15, 0.2) is 88.7 Å². The molecule has 0 atom stereocenters. The van der Waals surface area contributed by atoms with Crippen molar-refractivity contribution in [3.8, 4) is 5.75 Å². The van der Waals surface area contributed by atoms with E-state index in [0.29, 0.717) is 17.1 Å². The van der Waals surface area contributed by atoms with Gasteiger partial charge >= 0.3 is 0 Å². The Balaban J connectivity index is 1.83. The molecule has 0 spiro atoms. The molecule has 0 aliphatic heterocycles. The van der Waals surface area contributed by atoms with E-state index in [2.05, 4.69) is 5.32 Å². The molecular weight excluding hydrogens is 432 g/mol. The van der Waals surface area contributed by atoms with Crippen LogP contribution >= 0.6 is 11.8 Å². The number of anilines is 2. The highest BCUT2D eigenvalue weighted by atomic mass is 32.2. The Morgan fingerprint density at radius 2 is 1.65 bits per heavy atom. The molecule has 8 heteroatoms. The van der Waals surface area contributed by atoms with Crippen LogP contribution < -0.4 is 14.4 Å². The summed E-state index contributed by atoms with van der Waals surface area (Å²) in [5, 5.41) is 2.77. The number of para-hydroxylation sites is 1. The fraction of sp³-hybridized carbons (Fsp3) is 0.174. The van der Waals surface area contributed by atoms with E-state index in [0.717, 1.165) is 4.90 Å². The van der Waals surface area contributed by atoms with E-state index in [1.54, 1.807) is 37.3 Å². The minimum Gasteiger partial charge on any atom is -0.495 e. The van der Waals surface area contributed by atoms with Gasteiger partial charge in [0.05, 0.1) is 29.1 Å². The number of benzene rings is 3. The molecule has 3 aromatic carbocycles. The van der Waals surface area contributed by atoms with Gasteiger partial charge in [-0.15, -0.1) is 11.8 Å². The number of carbonyl (C=O) groups is 1.